The first-order chi connectivity index (χ1) is 8.97. The quantitative estimate of drug-likeness (QED) is 0.819. The van der Waals surface area contributed by atoms with E-state index in [0.29, 0.717) is 17.2 Å². The lowest BCUT2D eigenvalue weighted by molar-refractivity contribution is 0.0911. The molecule has 1 saturated carbocycles. The van der Waals surface area contributed by atoms with Crippen LogP contribution in [0.25, 0.3) is 0 Å². The number of hydrogen-bond acceptors (Lipinski definition) is 3. The number of nitrogens with two attached hydrogens (primary N) is 1. The minimum atomic E-state index is -0.159. The van der Waals surface area contributed by atoms with E-state index in [2.05, 4.69) is 24.1 Å². The van der Waals surface area contributed by atoms with E-state index in [1.807, 2.05) is 0 Å². The molecule has 1 aromatic rings. The minimum absolute atomic E-state index is 0.159. The van der Waals surface area contributed by atoms with Gasteiger partial charge in [0, 0.05) is 6.04 Å². The number of nitrogen functional groups attached to an aromatic ring is 1. The Morgan fingerprint density at radius 3 is 2.84 bits per heavy atom. The van der Waals surface area contributed by atoms with Gasteiger partial charge in [0.2, 0.25) is 0 Å². The van der Waals surface area contributed by atoms with E-state index in [0.717, 1.165) is 25.2 Å². The summed E-state index contributed by atoms with van der Waals surface area (Å²) in [4.78, 5) is 16.0. The molecule has 0 aromatic carbocycles. The number of rotatable bonds is 2. The van der Waals surface area contributed by atoms with Crippen molar-refractivity contribution in [3.05, 3.63) is 23.0 Å². The predicted octanol–water partition coefficient (Wildman–Crippen LogP) is 2.87. The third kappa shape index (κ3) is 3.38. The van der Waals surface area contributed by atoms with Crippen LogP contribution in [0.2, 0.25) is 5.15 Å². The Labute approximate surface area is 118 Å². The van der Waals surface area contributed by atoms with E-state index >= 15 is 0 Å². The Hall–Kier alpha value is -1.29. The van der Waals surface area contributed by atoms with Gasteiger partial charge in [-0.25, -0.2) is 4.98 Å². The van der Waals surface area contributed by atoms with Crippen LogP contribution >= 0.6 is 11.6 Å². The number of nitrogens with zero attached hydrogens (tertiary/aromatic N) is 1. The maximum absolute atomic E-state index is 12.2. The summed E-state index contributed by atoms with van der Waals surface area (Å²) in [5.74, 6) is 1.21. The highest BCUT2D eigenvalue weighted by Crippen LogP contribution is 2.29. The fourth-order valence-corrected chi connectivity index (χ4v) is 2.74. The number of pyridine rings is 1. The molecule has 1 aliphatic rings. The maximum atomic E-state index is 12.2. The Bertz CT molecular complexity index is 478. The van der Waals surface area contributed by atoms with Gasteiger partial charge < -0.3 is 11.1 Å². The molecule has 1 fully saturated rings. The van der Waals surface area contributed by atoms with E-state index in [4.69, 9.17) is 17.3 Å². The highest BCUT2D eigenvalue weighted by Gasteiger charge is 2.26. The van der Waals surface area contributed by atoms with Crippen molar-refractivity contribution in [2.24, 2.45) is 11.8 Å². The molecule has 2 rings (SSSR count). The smallest absolute Gasteiger partial charge is 0.253 e. The molecule has 0 aliphatic heterocycles. The first-order valence-corrected chi connectivity index (χ1v) is 7.07. The summed E-state index contributed by atoms with van der Waals surface area (Å²) >= 11 is 5.80. The standard InChI is InChI=1S/C14H20ClN3O/c1-8-3-4-10(5-9(8)2)18-14(19)11-6-13(15)17-7-12(11)16/h6-10H,3-5,16H2,1-2H3,(H,18,19). The van der Waals surface area contributed by atoms with Crippen LogP contribution < -0.4 is 11.1 Å². The second-order valence-electron chi connectivity index (χ2n) is 5.53. The first kappa shape index (κ1) is 14.1. The molecule has 0 saturated heterocycles. The van der Waals surface area contributed by atoms with Gasteiger partial charge in [0.15, 0.2) is 0 Å². The van der Waals surface area contributed by atoms with Crippen LogP contribution in [0.4, 0.5) is 5.69 Å². The van der Waals surface area contributed by atoms with E-state index in [-0.39, 0.29) is 17.1 Å². The molecule has 3 N–H and O–H groups in total. The fourth-order valence-electron chi connectivity index (χ4n) is 2.58. The van der Waals surface area contributed by atoms with E-state index in [1.54, 1.807) is 0 Å². The molecular weight excluding hydrogens is 262 g/mol. The van der Waals surface area contributed by atoms with Crippen LogP contribution in [-0.4, -0.2) is 16.9 Å². The van der Waals surface area contributed by atoms with Crippen LogP contribution in [-0.2, 0) is 0 Å². The van der Waals surface area contributed by atoms with Crippen LogP contribution in [0, 0.1) is 11.8 Å². The van der Waals surface area contributed by atoms with Gasteiger partial charge in [0.25, 0.3) is 5.91 Å². The molecule has 19 heavy (non-hydrogen) atoms. The average molecular weight is 282 g/mol. The van der Waals surface area contributed by atoms with Crippen molar-refractivity contribution in [1.82, 2.24) is 10.3 Å². The summed E-state index contributed by atoms with van der Waals surface area (Å²) in [6.07, 6.45) is 4.61. The molecule has 1 aromatic heterocycles. The second kappa shape index (κ2) is 5.78. The first-order valence-electron chi connectivity index (χ1n) is 6.69. The third-order valence-corrected chi connectivity index (χ3v) is 4.29. The molecule has 1 heterocycles. The minimum Gasteiger partial charge on any atom is -0.397 e. The van der Waals surface area contributed by atoms with Gasteiger partial charge >= 0.3 is 0 Å². The number of amides is 1. The fraction of sp³-hybridized carbons (Fsp3) is 0.571. The number of nitrogens with one attached hydrogen (secondary N) is 1. The molecule has 1 amide bonds. The molecule has 3 unspecified atom stereocenters. The third-order valence-electron chi connectivity index (χ3n) is 4.08. The molecule has 0 radical (unpaired) electrons. The Balaban J connectivity index is 2.03. The zero-order chi connectivity index (χ0) is 14.0. The van der Waals surface area contributed by atoms with Crippen LogP contribution in [0.15, 0.2) is 12.3 Å². The number of aromatic nitrogens is 1. The summed E-state index contributed by atoms with van der Waals surface area (Å²) in [6, 6.07) is 1.74. The number of hydrogen-bond donors (Lipinski definition) is 2. The lowest BCUT2D eigenvalue weighted by Gasteiger charge is -2.32. The van der Waals surface area contributed by atoms with Crippen molar-refractivity contribution < 1.29 is 4.79 Å². The van der Waals surface area contributed by atoms with Gasteiger partial charge in [0.1, 0.15) is 5.15 Å². The maximum Gasteiger partial charge on any atom is 0.253 e. The number of carbonyl (C=O) groups is 1. The normalized spacial score (nSPS) is 27.0. The highest BCUT2D eigenvalue weighted by molar-refractivity contribution is 6.29. The van der Waals surface area contributed by atoms with Crippen molar-refractivity contribution in [3.63, 3.8) is 0 Å². The van der Waals surface area contributed by atoms with E-state index in [9.17, 15) is 4.79 Å². The summed E-state index contributed by atoms with van der Waals surface area (Å²) < 4.78 is 0. The molecule has 4 nitrogen and oxygen atoms in total. The highest BCUT2D eigenvalue weighted by atomic mass is 35.5. The molecule has 0 spiro atoms. The monoisotopic (exact) mass is 281 g/mol. The van der Waals surface area contributed by atoms with E-state index < -0.39 is 0 Å². The van der Waals surface area contributed by atoms with Gasteiger partial charge in [0.05, 0.1) is 17.4 Å². The van der Waals surface area contributed by atoms with Gasteiger partial charge in [-0.3, -0.25) is 4.79 Å². The van der Waals surface area contributed by atoms with Crippen LogP contribution in [0.3, 0.4) is 0 Å². The van der Waals surface area contributed by atoms with Crippen molar-refractivity contribution in [1.29, 1.82) is 0 Å². The predicted molar refractivity (Wildman–Crippen MR) is 77.1 cm³/mol. The van der Waals surface area contributed by atoms with Crippen molar-refractivity contribution in [2.75, 3.05) is 5.73 Å². The molecule has 5 heteroatoms. The summed E-state index contributed by atoms with van der Waals surface area (Å²) in [5.41, 5.74) is 6.53. The van der Waals surface area contributed by atoms with Crippen molar-refractivity contribution >= 4 is 23.2 Å². The Kier molecular flexibility index (Phi) is 4.30. The Morgan fingerprint density at radius 1 is 1.42 bits per heavy atom. The summed E-state index contributed by atoms with van der Waals surface area (Å²) in [7, 11) is 0. The Morgan fingerprint density at radius 2 is 2.16 bits per heavy atom. The number of anilines is 1. The SMILES string of the molecule is CC1CCC(NC(=O)c2cc(Cl)ncc2N)CC1C. The summed E-state index contributed by atoms with van der Waals surface area (Å²) in [6.45, 7) is 4.50. The number of halogens is 1. The largest absolute Gasteiger partial charge is 0.397 e. The van der Waals surface area contributed by atoms with E-state index in [1.165, 1.54) is 12.3 Å². The average Bonchev–Trinajstić information content (AvgIpc) is 2.36. The van der Waals surface area contributed by atoms with Gasteiger partial charge in [-0.2, -0.15) is 0 Å². The molecule has 1 aliphatic carbocycles. The van der Waals surface area contributed by atoms with Gasteiger partial charge in [-0.15, -0.1) is 0 Å². The molecule has 3 atom stereocenters. The van der Waals surface area contributed by atoms with Crippen molar-refractivity contribution in [3.8, 4) is 0 Å². The van der Waals surface area contributed by atoms with Crippen molar-refractivity contribution in [2.45, 2.75) is 39.2 Å². The lowest BCUT2D eigenvalue weighted by Crippen LogP contribution is -2.40. The number of carbonyl (C=O) groups excluding carboxylic acids is 1. The molecule has 0 bridgehead atoms. The van der Waals surface area contributed by atoms with Crippen LogP contribution in [0.5, 0.6) is 0 Å². The second-order valence-corrected chi connectivity index (χ2v) is 5.92. The van der Waals surface area contributed by atoms with Gasteiger partial charge in [-0.1, -0.05) is 25.4 Å². The topological polar surface area (TPSA) is 68.0 Å². The zero-order valence-electron chi connectivity index (χ0n) is 11.3. The van der Waals surface area contributed by atoms with Crippen LogP contribution in [0.1, 0.15) is 43.5 Å². The summed E-state index contributed by atoms with van der Waals surface area (Å²) in [5, 5.41) is 3.33. The molecule has 104 valence electrons. The lowest BCUT2D eigenvalue weighted by atomic mass is 9.79. The van der Waals surface area contributed by atoms with Gasteiger partial charge in [-0.05, 0) is 37.2 Å². The zero-order valence-corrected chi connectivity index (χ0v) is 12.1. The molecular formula is C14H20ClN3O.